The van der Waals surface area contributed by atoms with Crippen molar-refractivity contribution in [2.24, 2.45) is 5.10 Å². The number of amides is 1. The zero-order valence-corrected chi connectivity index (χ0v) is 20.3. The first kappa shape index (κ1) is 23.2. The predicted molar refractivity (Wildman–Crippen MR) is 123 cm³/mol. The zero-order chi connectivity index (χ0) is 23.9. The molecule has 0 aliphatic carbocycles. The van der Waals surface area contributed by atoms with Crippen LogP contribution < -0.4 is 0 Å². The minimum atomic E-state index is -3.70. The van der Waals surface area contributed by atoms with Crippen LogP contribution >= 0.6 is 11.6 Å². The second kappa shape index (κ2) is 8.77. The molecule has 0 fully saturated rings. The summed E-state index contributed by atoms with van der Waals surface area (Å²) in [5.41, 5.74) is 2.32. The first-order valence-electron chi connectivity index (χ1n) is 10.2. The number of sulfonamides is 1. The van der Waals surface area contributed by atoms with Crippen LogP contribution in [0.1, 0.15) is 35.2 Å². The van der Waals surface area contributed by atoms with Gasteiger partial charge in [-0.15, -0.1) is 0 Å². The summed E-state index contributed by atoms with van der Waals surface area (Å²) in [5, 5.41) is 10.9. The highest BCUT2D eigenvalue weighted by Crippen LogP contribution is 2.33. The Morgan fingerprint density at radius 2 is 1.91 bits per heavy atom. The van der Waals surface area contributed by atoms with Crippen LogP contribution in [0.15, 0.2) is 57.1 Å². The number of hydrogen-bond acceptors (Lipinski definition) is 6. The molecule has 3 aromatic rings. The lowest BCUT2D eigenvalue weighted by atomic mass is 10.0. The summed E-state index contributed by atoms with van der Waals surface area (Å²) in [5.74, 6) is 0.278. The molecule has 0 bridgehead atoms. The van der Waals surface area contributed by atoms with Gasteiger partial charge in [0.15, 0.2) is 0 Å². The lowest BCUT2D eigenvalue weighted by Crippen LogP contribution is -2.31. The molecule has 1 aliphatic rings. The van der Waals surface area contributed by atoms with Crippen molar-refractivity contribution >= 4 is 33.2 Å². The average molecular weight is 490 g/mol. The topological polar surface area (TPSA) is 101 Å². The number of nitrogens with zero attached hydrogens (tertiary/aromatic N) is 5. The second-order valence-corrected chi connectivity index (χ2v) is 10.5. The van der Waals surface area contributed by atoms with Crippen LogP contribution in [-0.4, -0.2) is 53.2 Å². The van der Waals surface area contributed by atoms with Gasteiger partial charge in [0.05, 0.1) is 23.4 Å². The molecule has 1 atom stereocenters. The van der Waals surface area contributed by atoms with E-state index in [2.05, 4.69) is 10.2 Å². The van der Waals surface area contributed by atoms with Gasteiger partial charge in [-0.05, 0) is 43.7 Å². The van der Waals surface area contributed by atoms with Gasteiger partial charge >= 0.3 is 0 Å². The largest absolute Gasteiger partial charge is 0.467 e. The average Bonchev–Trinajstić information content (AvgIpc) is 3.48. The SMILES string of the molecule is Cc1nn(CC(=O)N2N=C(c3ccc(Cl)cc3)CC2c2ccco2)c(C)c1S(=O)(=O)N(C)C. The number of aromatic nitrogens is 2. The number of hydrogen-bond donors (Lipinski definition) is 0. The summed E-state index contributed by atoms with van der Waals surface area (Å²) in [6.07, 6.45) is 2.02. The summed E-state index contributed by atoms with van der Waals surface area (Å²) in [7, 11) is -0.775. The fourth-order valence-electron chi connectivity index (χ4n) is 3.85. The van der Waals surface area contributed by atoms with Crippen LogP contribution in [0.5, 0.6) is 0 Å². The Hall–Kier alpha value is -2.95. The van der Waals surface area contributed by atoms with Gasteiger partial charge < -0.3 is 4.42 Å². The van der Waals surface area contributed by atoms with E-state index in [0.29, 0.717) is 28.6 Å². The van der Waals surface area contributed by atoms with Crippen LogP contribution in [0.25, 0.3) is 0 Å². The molecule has 1 aliphatic heterocycles. The standard InChI is InChI=1S/C22H24ClN5O4S/c1-14-22(33(30,31)26(3)4)15(2)27(24-14)13-21(29)28-19(20-6-5-11-32-20)12-18(25-28)16-7-9-17(23)10-8-16/h5-11,19H,12-13H2,1-4H3. The van der Waals surface area contributed by atoms with Gasteiger partial charge in [0.2, 0.25) is 10.0 Å². The molecule has 3 heterocycles. The van der Waals surface area contributed by atoms with Crippen molar-refractivity contribution < 1.29 is 17.6 Å². The van der Waals surface area contributed by atoms with E-state index in [4.69, 9.17) is 16.0 Å². The normalized spacial score (nSPS) is 16.5. The number of carbonyl (C=O) groups excluding carboxylic acids is 1. The Morgan fingerprint density at radius 3 is 2.52 bits per heavy atom. The highest BCUT2D eigenvalue weighted by atomic mass is 35.5. The third-order valence-corrected chi connectivity index (χ3v) is 7.87. The quantitative estimate of drug-likeness (QED) is 0.528. The van der Waals surface area contributed by atoms with Crippen LogP contribution in [0.3, 0.4) is 0 Å². The number of aryl methyl sites for hydroxylation is 1. The van der Waals surface area contributed by atoms with Gasteiger partial charge in [-0.2, -0.15) is 10.2 Å². The molecule has 33 heavy (non-hydrogen) atoms. The van der Waals surface area contributed by atoms with Crippen LogP contribution in [0, 0.1) is 13.8 Å². The maximum absolute atomic E-state index is 13.3. The molecule has 4 rings (SSSR count). The molecule has 0 N–H and O–H groups in total. The lowest BCUT2D eigenvalue weighted by molar-refractivity contribution is -0.134. The Kier molecular flexibility index (Phi) is 6.17. The maximum atomic E-state index is 13.3. The summed E-state index contributed by atoms with van der Waals surface area (Å²) in [6, 6.07) is 10.4. The van der Waals surface area contributed by atoms with Crippen molar-refractivity contribution in [1.29, 1.82) is 0 Å². The number of halogens is 1. The van der Waals surface area contributed by atoms with Crippen molar-refractivity contribution in [2.45, 2.75) is 37.8 Å². The molecule has 9 nitrogen and oxygen atoms in total. The molecule has 0 spiro atoms. The van der Waals surface area contributed by atoms with Gasteiger partial charge in [-0.1, -0.05) is 23.7 Å². The lowest BCUT2D eigenvalue weighted by Gasteiger charge is -2.20. The van der Waals surface area contributed by atoms with Crippen molar-refractivity contribution in [3.05, 3.63) is 70.4 Å². The summed E-state index contributed by atoms with van der Waals surface area (Å²) >= 11 is 6.00. The number of furan rings is 1. The van der Waals surface area contributed by atoms with E-state index in [-0.39, 0.29) is 17.3 Å². The fraction of sp³-hybridized carbons (Fsp3) is 0.318. The molecule has 2 aromatic heterocycles. The van der Waals surface area contributed by atoms with Crippen molar-refractivity contribution in [3.63, 3.8) is 0 Å². The number of hydrazone groups is 1. The third kappa shape index (κ3) is 4.33. The predicted octanol–water partition coefficient (Wildman–Crippen LogP) is 3.37. The highest BCUT2D eigenvalue weighted by Gasteiger charge is 2.36. The van der Waals surface area contributed by atoms with Gasteiger partial charge in [-0.25, -0.2) is 17.7 Å². The molecule has 0 saturated carbocycles. The molecule has 0 radical (unpaired) electrons. The maximum Gasteiger partial charge on any atom is 0.265 e. The smallest absolute Gasteiger partial charge is 0.265 e. The molecule has 1 aromatic carbocycles. The van der Waals surface area contributed by atoms with E-state index in [1.165, 1.54) is 23.8 Å². The first-order valence-corrected chi connectivity index (χ1v) is 12.1. The third-order valence-electron chi connectivity index (χ3n) is 5.55. The summed E-state index contributed by atoms with van der Waals surface area (Å²) in [4.78, 5) is 13.4. The minimum Gasteiger partial charge on any atom is -0.467 e. The van der Waals surface area contributed by atoms with Crippen molar-refractivity contribution in [1.82, 2.24) is 19.1 Å². The molecular formula is C22H24ClN5O4S. The molecule has 1 unspecified atom stereocenters. The van der Waals surface area contributed by atoms with E-state index in [9.17, 15) is 13.2 Å². The van der Waals surface area contributed by atoms with E-state index < -0.39 is 16.1 Å². The minimum absolute atomic E-state index is 0.106. The van der Waals surface area contributed by atoms with E-state index in [0.717, 1.165) is 15.6 Å². The highest BCUT2D eigenvalue weighted by molar-refractivity contribution is 7.89. The van der Waals surface area contributed by atoms with Gasteiger partial charge in [0.1, 0.15) is 23.2 Å². The van der Waals surface area contributed by atoms with Crippen LogP contribution in [0.2, 0.25) is 5.02 Å². The molecule has 1 amide bonds. The Labute approximate surface area is 197 Å². The van der Waals surface area contributed by atoms with E-state index in [1.807, 2.05) is 12.1 Å². The monoisotopic (exact) mass is 489 g/mol. The summed E-state index contributed by atoms with van der Waals surface area (Å²) in [6.45, 7) is 3.09. The summed E-state index contributed by atoms with van der Waals surface area (Å²) < 4.78 is 33.5. The number of benzene rings is 1. The Bertz CT molecular complexity index is 1310. The van der Waals surface area contributed by atoms with E-state index in [1.54, 1.807) is 44.4 Å². The Morgan fingerprint density at radius 1 is 1.21 bits per heavy atom. The van der Waals surface area contributed by atoms with Crippen molar-refractivity contribution in [3.8, 4) is 0 Å². The first-order chi connectivity index (χ1) is 15.6. The zero-order valence-electron chi connectivity index (χ0n) is 18.7. The number of rotatable bonds is 6. The van der Waals surface area contributed by atoms with Gasteiger partial charge in [0, 0.05) is 25.5 Å². The second-order valence-electron chi connectivity index (χ2n) is 7.97. The van der Waals surface area contributed by atoms with Crippen LogP contribution in [0.4, 0.5) is 0 Å². The van der Waals surface area contributed by atoms with E-state index >= 15 is 0 Å². The van der Waals surface area contributed by atoms with Crippen LogP contribution in [-0.2, 0) is 21.4 Å². The van der Waals surface area contributed by atoms with Gasteiger partial charge in [-0.3, -0.25) is 9.48 Å². The molecule has 0 saturated heterocycles. The van der Waals surface area contributed by atoms with Crippen molar-refractivity contribution in [2.75, 3.05) is 14.1 Å². The molecular weight excluding hydrogens is 466 g/mol. The fourth-order valence-corrected chi connectivity index (χ4v) is 5.23. The molecule has 174 valence electrons. The number of carbonyl (C=O) groups is 1. The molecule has 11 heteroatoms. The van der Waals surface area contributed by atoms with Gasteiger partial charge in [0.25, 0.3) is 5.91 Å². The Balaban J connectivity index is 1.66.